The monoisotopic (exact) mass is 288 g/mol. The zero-order valence-electron chi connectivity index (χ0n) is 10.3. The third-order valence-electron chi connectivity index (χ3n) is 2.91. The van der Waals surface area contributed by atoms with Gasteiger partial charge in [-0.3, -0.25) is 4.79 Å². The molecule has 0 aromatic carbocycles. The van der Waals surface area contributed by atoms with Crippen molar-refractivity contribution in [3.8, 4) is 0 Å². The van der Waals surface area contributed by atoms with Crippen LogP contribution in [0.1, 0.15) is 21.7 Å². The number of rotatable bonds is 3. The Kier molecular flexibility index (Phi) is 3.74. The van der Waals surface area contributed by atoms with Crippen LogP contribution in [0, 0.1) is 6.92 Å². The summed E-state index contributed by atoms with van der Waals surface area (Å²) in [5, 5.41) is 1.89. The molecule has 0 spiro atoms. The van der Waals surface area contributed by atoms with Crippen molar-refractivity contribution in [2.24, 2.45) is 0 Å². The van der Waals surface area contributed by atoms with Crippen molar-refractivity contribution in [1.82, 2.24) is 9.62 Å². The zero-order valence-corrected chi connectivity index (χ0v) is 12.0. The largest absolute Gasteiger partial charge is 0.336 e. The van der Waals surface area contributed by atoms with Gasteiger partial charge in [-0.2, -0.15) is 0 Å². The van der Waals surface area contributed by atoms with E-state index in [0.29, 0.717) is 19.5 Å². The van der Waals surface area contributed by atoms with E-state index in [1.54, 1.807) is 4.90 Å². The van der Waals surface area contributed by atoms with Crippen LogP contribution in [0.4, 0.5) is 0 Å². The molecule has 2 heterocycles. The molecular weight excluding hydrogens is 272 g/mol. The number of nitrogens with one attached hydrogen (secondary N) is 1. The van der Waals surface area contributed by atoms with Gasteiger partial charge < -0.3 is 4.90 Å². The average molecular weight is 288 g/mol. The van der Waals surface area contributed by atoms with E-state index in [4.69, 9.17) is 0 Å². The molecule has 0 saturated carbocycles. The molecule has 1 N–H and O–H groups in total. The molecular formula is C11H16N2O3S2. The van der Waals surface area contributed by atoms with Gasteiger partial charge in [0.25, 0.3) is 5.91 Å². The fourth-order valence-corrected chi connectivity index (χ4v) is 3.77. The van der Waals surface area contributed by atoms with Crippen LogP contribution in [0.25, 0.3) is 0 Å². The number of thiophene rings is 1. The Morgan fingerprint density at radius 2 is 2.28 bits per heavy atom. The summed E-state index contributed by atoms with van der Waals surface area (Å²) in [6.07, 6.45) is 1.81. The summed E-state index contributed by atoms with van der Waals surface area (Å²) in [7, 11) is -3.20. The molecule has 1 atom stereocenters. The molecule has 1 aliphatic rings. The number of hydrogen-bond donors (Lipinski definition) is 1. The quantitative estimate of drug-likeness (QED) is 0.895. The molecule has 1 aromatic heterocycles. The van der Waals surface area contributed by atoms with E-state index in [2.05, 4.69) is 4.72 Å². The average Bonchev–Trinajstić information content (AvgIpc) is 2.84. The van der Waals surface area contributed by atoms with Crippen LogP contribution in [0.3, 0.4) is 0 Å². The fraction of sp³-hybridized carbons (Fsp3) is 0.545. The zero-order chi connectivity index (χ0) is 13.3. The number of amides is 1. The van der Waals surface area contributed by atoms with E-state index in [-0.39, 0.29) is 11.9 Å². The molecule has 1 saturated heterocycles. The first-order valence-electron chi connectivity index (χ1n) is 5.67. The fourth-order valence-electron chi connectivity index (χ4n) is 2.08. The lowest BCUT2D eigenvalue weighted by atomic mass is 10.3. The van der Waals surface area contributed by atoms with Gasteiger partial charge in [-0.25, -0.2) is 13.1 Å². The van der Waals surface area contributed by atoms with E-state index in [0.717, 1.165) is 16.7 Å². The van der Waals surface area contributed by atoms with Crippen LogP contribution < -0.4 is 4.72 Å². The lowest BCUT2D eigenvalue weighted by Gasteiger charge is -2.16. The Morgan fingerprint density at radius 1 is 1.56 bits per heavy atom. The molecule has 0 aliphatic carbocycles. The van der Waals surface area contributed by atoms with Crippen LogP contribution in [0.2, 0.25) is 0 Å². The van der Waals surface area contributed by atoms with Gasteiger partial charge in [0, 0.05) is 19.1 Å². The Balaban J connectivity index is 2.01. The van der Waals surface area contributed by atoms with Crippen molar-refractivity contribution in [2.45, 2.75) is 19.4 Å². The predicted octanol–water partition coefficient (Wildman–Crippen LogP) is 0.820. The molecule has 1 aromatic rings. The van der Waals surface area contributed by atoms with Crippen LogP contribution in [-0.4, -0.2) is 44.6 Å². The minimum Gasteiger partial charge on any atom is -0.336 e. The van der Waals surface area contributed by atoms with Gasteiger partial charge in [-0.15, -0.1) is 11.3 Å². The van der Waals surface area contributed by atoms with Gasteiger partial charge in [0.05, 0.1) is 11.1 Å². The summed E-state index contributed by atoms with van der Waals surface area (Å²) in [5.74, 6) is 0.000279. The highest BCUT2D eigenvalue weighted by Gasteiger charge is 2.29. The topological polar surface area (TPSA) is 66.5 Å². The van der Waals surface area contributed by atoms with Crippen molar-refractivity contribution >= 4 is 27.3 Å². The summed E-state index contributed by atoms with van der Waals surface area (Å²) < 4.78 is 24.8. The highest BCUT2D eigenvalue weighted by atomic mass is 32.2. The maximum Gasteiger partial charge on any atom is 0.264 e. The standard InChI is InChI=1S/C11H16N2O3S2/c1-8-4-6-17-10(8)11(14)13-5-3-9(7-13)12-18(2,15)16/h4,6,9,12H,3,5,7H2,1-2H3/t9-/m1/s1. The molecule has 1 fully saturated rings. The number of aryl methyl sites for hydroxylation is 1. The molecule has 0 radical (unpaired) electrons. The summed E-state index contributed by atoms with van der Waals surface area (Å²) in [6, 6.07) is 1.75. The third-order valence-corrected chi connectivity index (χ3v) is 4.68. The minimum atomic E-state index is -3.20. The van der Waals surface area contributed by atoms with E-state index in [9.17, 15) is 13.2 Å². The van der Waals surface area contributed by atoms with Crippen LogP contribution in [-0.2, 0) is 10.0 Å². The summed E-state index contributed by atoms with van der Waals surface area (Å²) in [4.78, 5) is 14.7. The molecule has 1 aliphatic heterocycles. The first-order valence-corrected chi connectivity index (χ1v) is 8.44. The Labute approximate surface area is 111 Å². The molecule has 18 heavy (non-hydrogen) atoms. The number of likely N-dealkylation sites (tertiary alicyclic amines) is 1. The highest BCUT2D eigenvalue weighted by Crippen LogP contribution is 2.20. The number of carbonyl (C=O) groups is 1. The lowest BCUT2D eigenvalue weighted by molar-refractivity contribution is 0.0794. The first-order chi connectivity index (χ1) is 8.37. The number of hydrogen-bond acceptors (Lipinski definition) is 4. The van der Waals surface area contributed by atoms with Crippen molar-refractivity contribution in [1.29, 1.82) is 0 Å². The van der Waals surface area contributed by atoms with Gasteiger partial charge in [0.2, 0.25) is 10.0 Å². The smallest absolute Gasteiger partial charge is 0.264 e. The van der Waals surface area contributed by atoms with Crippen molar-refractivity contribution in [3.63, 3.8) is 0 Å². The molecule has 0 bridgehead atoms. The van der Waals surface area contributed by atoms with Gasteiger partial charge in [-0.1, -0.05) is 0 Å². The number of sulfonamides is 1. The maximum atomic E-state index is 12.2. The molecule has 0 unspecified atom stereocenters. The summed E-state index contributed by atoms with van der Waals surface area (Å²) in [6.45, 7) is 2.96. The predicted molar refractivity (Wildman–Crippen MR) is 71.3 cm³/mol. The molecule has 7 heteroatoms. The SMILES string of the molecule is Cc1ccsc1C(=O)N1CC[C@@H](NS(C)(=O)=O)C1. The van der Waals surface area contributed by atoms with Gasteiger partial charge in [0.15, 0.2) is 0 Å². The third kappa shape index (κ3) is 3.09. The molecule has 1 amide bonds. The van der Waals surface area contributed by atoms with Gasteiger partial charge in [-0.05, 0) is 30.4 Å². The van der Waals surface area contributed by atoms with Crippen LogP contribution >= 0.6 is 11.3 Å². The second kappa shape index (κ2) is 4.99. The lowest BCUT2D eigenvalue weighted by Crippen LogP contribution is -2.37. The molecule has 5 nitrogen and oxygen atoms in total. The van der Waals surface area contributed by atoms with Crippen molar-refractivity contribution in [3.05, 3.63) is 21.9 Å². The number of carbonyl (C=O) groups excluding carboxylic acids is 1. The highest BCUT2D eigenvalue weighted by molar-refractivity contribution is 7.88. The van der Waals surface area contributed by atoms with Crippen LogP contribution in [0.15, 0.2) is 11.4 Å². The second-order valence-electron chi connectivity index (χ2n) is 4.56. The normalized spacial score (nSPS) is 20.3. The number of nitrogens with zero attached hydrogens (tertiary/aromatic N) is 1. The van der Waals surface area contributed by atoms with Crippen molar-refractivity contribution < 1.29 is 13.2 Å². The maximum absolute atomic E-state index is 12.2. The summed E-state index contributed by atoms with van der Waals surface area (Å²) in [5.41, 5.74) is 0.976. The first kappa shape index (κ1) is 13.5. The summed E-state index contributed by atoms with van der Waals surface area (Å²) >= 11 is 1.43. The Hall–Kier alpha value is -0.920. The Bertz CT molecular complexity index is 550. The van der Waals surface area contributed by atoms with E-state index < -0.39 is 10.0 Å². The van der Waals surface area contributed by atoms with E-state index in [1.807, 2.05) is 18.4 Å². The molecule has 2 rings (SSSR count). The molecule has 100 valence electrons. The van der Waals surface area contributed by atoms with E-state index in [1.165, 1.54) is 11.3 Å². The van der Waals surface area contributed by atoms with Gasteiger partial charge in [0.1, 0.15) is 0 Å². The second-order valence-corrected chi connectivity index (χ2v) is 7.26. The van der Waals surface area contributed by atoms with Gasteiger partial charge >= 0.3 is 0 Å². The minimum absolute atomic E-state index is 0.000279. The Morgan fingerprint density at radius 3 is 2.83 bits per heavy atom. The van der Waals surface area contributed by atoms with Crippen molar-refractivity contribution in [2.75, 3.05) is 19.3 Å². The van der Waals surface area contributed by atoms with Crippen LogP contribution in [0.5, 0.6) is 0 Å². The van der Waals surface area contributed by atoms with E-state index >= 15 is 0 Å².